The number of nitrogens with one attached hydrogen (secondary N) is 2. The molecule has 0 bridgehead atoms. The first kappa shape index (κ1) is 8.98. The second-order valence-electron chi connectivity index (χ2n) is 3.06. The molecule has 0 atom stereocenters. The lowest BCUT2D eigenvalue weighted by Crippen LogP contribution is -2.35. The zero-order valence-corrected chi connectivity index (χ0v) is 8.08. The summed E-state index contributed by atoms with van der Waals surface area (Å²) in [6.07, 6.45) is 0.748. The Labute approximate surface area is 81.8 Å². The van der Waals surface area contributed by atoms with Gasteiger partial charge in [-0.1, -0.05) is 5.16 Å². The van der Waals surface area contributed by atoms with Crippen molar-refractivity contribution in [1.29, 1.82) is 0 Å². The maximum Gasteiger partial charge on any atom is 0.223 e. The highest BCUT2D eigenvalue weighted by Gasteiger charge is 2.05. The molecule has 0 fully saturated rings. The SMILES string of the molecule is Cc1nc(CCNC2=NCCN2)no1. The molecule has 1 aliphatic rings. The zero-order valence-electron chi connectivity index (χ0n) is 8.08. The topological polar surface area (TPSA) is 75.3 Å². The fraction of sp³-hybridized carbons (Fsp3) is 0.625. The third kappa shape index (κ3) is 2.21. The molecule has 0 aromatic carbocycles. The van der Waals surface area contributed by atoms with Gasteiger partial charge in [0.1, 0.15) is 0 Å². The second kappa shape index (κ2) is 4.08. The third-order valence-corrected chi connectivity index (χ3v) is 1.88. The number of aryl methyl sites for hydroxylation is 1. The number of nitrogens with zero attached hydrogens (tertiary/aromatic N) is 3. The molecule has 0 aliphatic carbocycles. The lowest BCUT2D eigenvalue weighted by Gasteiger charge is -2.03. The van der Waals surface area contributed by atoms with Crippen LogP contribution < -0.4 is 10.6 Å². The van der Waals surface area contributed by atoms with E-state index in [2.05, 4.69) is 25.8 Å². The molecule has 0 saturated heterocycles. The number of rotatable bonds is 3. The normalized spacial score (nSPS) is 15.1. The lowest BCUT2D eigenvalue weighted by molar-refractivity contribution is 0.387. The van der Waals surface area contributed by atoms with Crippen molar-refractivity contribution in [1.82, 2.24) is 20.8 Å². The van der Waals surface area contributed by atoms with Crippen molar-refractivity contribution in [2.75, 3.05) is 19.6 Å². The van der Waals surface area contributed by atoms with Crippen LogP contribution in [0.2, 0.25) is 0 Å². The van der Waals surface area contributed by atoms with Gasteiger partial charge < -0.3 is 15.2 Å². The van der Waals surface area contributed by atoms with E-state index in [1.165, 1.54) is 0 Å². The van der Waals surface area contributed by atoms with Gasteiger partial charge in [0.2, 0.25) is 5.89 Å². The Balaban J connectivity index is 1.72. The van der Waals surface area contributed by atoms with E-state index < -0.39 is 0 Å². The molecular formula is C8H13N5O. The van der Waals surface area contributed by atoms with Crippen LogP contribution in [0.4, 0.5) is 0 Å². The fourth-order valence-electron chi connectivity index (χ4n) is 1.25. The first-order chi connectivity index (χ1) is 6.84. The average molecular weight is 195 g/mol. The Morgan fingerprint density at radius 1 is 1.57 bits per heavy atom. The number of hydrogen-bond acceptors (Lipinski definition) is 6. The highest BCUT2D eigenvalue weighted by Crippen LogP contribution is 1.94. The van der Waals surface area contributed by atoms with Crippen molar-refractivity contribution in [2.24, 2.45) is 4.99 Å². The highest BCUT2D eigenvalue weighted by molar-refractivity contribution is 5.81. The van der Waals surface area contributed by atoms with Gasteiger partial charge in [0.25, 0.3) is 0 Å². The monoisotopic (exact) mass is 195 g/mol. The maximum atomic E-state index is 4.85. The predicted octanol–water partition coefficient (Wildman–Crippen LogP) is -0.531. The van der Waals surface area contributed by atoms with E-state index in [4.69, 9.17) is 4.52 Å². The van der Waals surface area contributed by atoms with E-state index in [1.54, 1.807) is 6.92 Å². The van der Waals surface area contributed by atoms with Crippen molar-refractivity contribution in [2.45, 2.75) is 13.3 Å². The van der Waals surface area contributed by atoms with Crippen molar-refractivity contribution in [3.8, 4) is 0 Å². The number of aliphatic imine (C=N–C) groups is 1. The minimum atomic E-state index is 0.608. The molecule has 0 saturated carbocycles. The molecule has 0 spiro atoms. The van der Waals surface area contributed by atoms with Gasteiger partial charge in [-0.25, -0.2) is 0 Å². The molecule has 2 rings (SSSR count). The Bertz CT molecular complexity index is 332. The fourth-order valence-corrected chi connectivity index (χ4v) is 1.25. The average Bonchev–Trinajstić information content (AvgIpc) is 2.77. The van der Waals surface area contributed by atoms with Crippen molar-refractivity contribution < 1.29 is 4.52 Å². The molecule has 76 valence electrons. The lowest BCUT2D eigenvalue weighted by atomic mass is 10.4. The summed E-state index contributed by atoms with van der Waals surface area (Å²) in [5, 5.41) is 10.1. The minimum absolute atomic E-state index is 0.608. The van der Waals surface area contributed by atoms with Crippen molar-refractivity contribution >= 4 is 5.96 Å². The standard InChI is InChI=1S/C8H13N5O/c1-6-12-7(13-14-6)2-3-9-8-10-4-5-11-8/h2-5H2,1H3,(H2,9,10,11). The van der Waals surface area contributed by atoms with Crippen LogP contribution in [0.3, 0.4) is 0 Å². The van der Waals surface area contributed by atoms with Crippen LogP contribution in [0.15, 0.2) is 9.52 Å². The summed E-state index contributed by atoms with van der Waals surface area (Å²) in [6, 6.07) is 0. The first-order valence-electron chi connectivity index (χ1n) is 4.66. The van der Waals surface area contributed by atoms with E-state index in [9.17, 15) is 0 Å². The Morgan fingerprint density at radius 2 is 2.50 bits per heavy atom. The van der Waals surface area contributed by atoms with E-state index in [0.717, 1.165) is 37.8 Å². The van der Waals surface area contributed by atoms with Crippen LogP contribution in [0, 0.1) is 6.92 Å². The number of guanidine groups is 1. The zero-order chi connectivity index (χ0) is 9.80. The summed E-state index contributed by atoms with van der Waals surface area (Å²) in [5.41, 5.74) is 0. The largest absolute Gasteiger partial charge is 0.356 e. The van der Waals surface area contributed by atoms with Gasteiger partial charge in [-0.2, -0.15) is 4.98 Å². The van der Waals surface area contributed by atoms with Gasteiger partial charge >= 0.3 is 0 Å². The predicted molar refractivity (Wildman–Crippen MR) is 51.0 cm³/mol. The molecule has 0 amide bonds. The first-order valence-corrected chi connectivity index (χ1v) is 4.66. The Morgan fingerprint density at radius 3 is 3.14 bits per heavy atom. The van der Waals surface area contributed by atoms with Crippen LogP contribution in [0.1, 0.15) is 11.7 Å². The van der Waals surface area contributed by atoms with Gasteiger partial charge in [-0.15, -0.1) is 0 Å². The van der Waals surface area contributed by atoms with E-state index in [1.807, 2.05) is 0 Å². The minimum Gasteiger partial charge on any atom is -0.356 e. The number of aromatic nitrogens is 2. The summed E-state index contributed by atoms with van der Waals surface area (Å²) >= 11 is 0. The Kier molecular flexibility index (Phi) is 2.62. The van der Waals surface area contributed by atoms with Crippen LogP contribution in [-0.2, 0) is 6.42 Å². The molecular weight excluding hydrogens is 182 g/mol. The van der Waals surface area contributed by atoms with Crippen LogP contribution in [0.25, 0.3) is 0 Å². The smallest absolute Gasteiger partial charge is 0.223 e. The van der Waals surface area contributed by atoms with Gasteiger partial charge in [0.15, 0.2) is 11.8 Å². The van der Waals surface area contributed by atoms with Gasteiger partial charge in [0.05, 0.1) is 6.54 Å². The molecule has 6 heteroatoms. The Hall–Kier alpha value is -1.59. The molecule has 1 aromatic heterocycles. The van der Waals surface area contributed by atoms with Gasteiger partial charge in [-0.05, 0) is 0 Å². The summed E-state index contributed by atoms with van der Waals surface area (Å²) in [5.74, 6) is 2.20. The van der Waals surface area contributed by atoms with E-state index in [0.29, 0.717) is 5.89 Å². The molecule has 14 heavy (non-hydrogen) atoms. The molecule has 1 aliphatic heterocycles. The molecule has 0 unspecified atom stereocenters. The maximum absolute atomic E-state index is 4.85. The summed E-state index contributed by atoms with van der Waals surface area (Å²) < 4.78 is 4.85. The van der Waals surface area contributed by atoms with Gasteiger partial charge in [-0.3, -0.25) is 4.99 Å². The molecule has 2 N–H and O–H groups in total. The quantitative estimate of drug-likeness (QED) is 0.678. The van der Waals surface area contributed by atoms with Crippen LogP contribution >= 0.6 is 0 Å². The second-order valence-corrected chi connectivity index (χ2v) is 3.06. The van der Waals surface area contributed by atoms with E-state index in [-0.39, 0.29) is 0 Å². The molecule has 1 aromatic rings. The summed E-state index contributed by atoms with van der Waals surface area (Å²) in [4.78, 5) is 8.30. The summed E-state index contributed by atoms with van der Waals surface area (Å²) in [6.45, 7) is 4.32. The third-order valence-electron chi connectivity index (χ3n) is 1.88. The highest BCUT2D eigenvalue weighted by atomic mass is 16.5. The molecule has 6 nitrogen and oxygen atoms in total. The van der Waals surface area contributed by atoms with Crippen molar-refractivity contribution in [3.63, 3.8) is 0 Å². The van der Waals surface area contributed by atoms with E-state index >= 15 is 0 Å². The number of hydrogen-bond donors (Lipinski definition) is 2. The molecule has 0 radical (unpaired) electrons. The van der Waals surface area contributed by atoms with Crippen LogP contribution in [0.5, 0.6) is 0 Å². The molecule has 2 heterocycles. The van der Waals surface area contributed by atoms with Gasteiger partial charge in [0, 0.05) is 26.4 Å². The summed E-state index contributed by atoms with van der Waals surface area (Å²) in [7, 11) is 0. The van der Waals surface area contributed by atoms with Crippen molar-refractivity contribution in [3.05, 3.63) is 11.7 Å². The van der Waals surface area contributed by atoms with Crippen LogP contribution in [-0.4, -0.2) is 35.7 Å².